The first-order chi connectivity index (χ1) is 7.56. The fourth-order valence-corrected chi connectivity index (χ4v) is 1.51. The second kappa shape index (κ2) is 3.89. The van der Waals surface area contributed by atoms with E-state index in [-0.39, 0.29) is 11.9 Å². The van der Waals surface area contributed by atoms with Gasteiger partial charge in [0.1, 0.15) is 5.58 Å². The normalized spacial score (nSPS) is 10.9. The van der Waals surface area contributed by atoms with Crippen molar-refractivity contribution in [3.05, 3.63) is 30.0 Å². The summed E-state index contributed by atoms with van der Waals surface area (Å²) < 4.78 is 5.42. The first-order valence-electron chi connectivity index (χ1n) is 5.16. The standard InChI is InChI=1S/C12H14N2O2/c1-7(2)14-12(15)11-6-8-5-9(13)3-4-10(8)16-11/h3-7H,13H2,1-2H3,(H,14,15). The lowest BCUT2D eigenvalue weighted by Crippen LogP contribution is -2.29. The molecule has 2 aromatic rings. The molecule has 4 heteroatoms. The molecule has 0 aliphatic carbocycles. The Morgan fingerprint density at radius 1 is 1.38 bits per heavy atom. The van der Waals surface area contributed by atoms with Crippen molar-refractivity contribution < 1.29 is 9.21 Å². The fraction of sp³-hybridized carbons (Fsp3) is 0.250. The number of benzene rings is 1. The molecule has 0 atom stereocenters. The van der Waals surface area contributed by atoms with Crippen LogP contribution >= 0.6 is 0 Å². The lowest BCUT2D eigenvalue weighted by atomic mass is 10.2. The van der Waals surface area contributed by atoms with Crippen molar-refractivity contribution in [1.29, 1.82) is 0 Å². The number of hydrogen-bond acceptors (Lipinski definition) is 3. The van der Waals surface area contributed by atoms with Crippen molar-refractivity contribution in [1.82, 2.24) is 5.32 Å². The van der Waals surface area contributed by atoms with Gasteiger partial charge in [0.25, 0.3) is 5.91 Å². The van der Waals surface area contributed by atoms with Crippen molar-refractivity contribution >= 4 is 22.6 Å². The number of furan rings is 1. The molecule has 0 radical (unpaired) electrons. The molecule has 1 aromatic heterocycles. The molecule has 0 fully saturated rings. The van der Waals surface area contributed by atoms with E-state index in [1.807, 2.05) is 13.8 Å². The Morgan fingerprint density at radius 2 is 2.12 bits per heavy atom. The summed E-state index contributed by atoms with van der Waals surface area (Å²) in [5.74, 6) is 0.110. The minimum absolute atomic E-state index is 0.0887. The molecule has 0 aliphatic rings. The van der Waals surface area contributed by atoms with E-state index in [2.05, 4.69) is 5.32 Å². The van der Waals surface area contributed by atoms with Crippen LogP contribution in [0.3, 0.4) is 0 Å². The largest absolute Gasteiger partial charge is 0.451 e. The fourth-order valence-electron chi connectivity index (χ4n) is 1.51. The minimum atomic E-state index is -0.204. The van der Waals surface area contributed by atoms with Crippen molar-refractivity contribution in [2.24, 2.45) is 0 Å². The van der Waals surface area contributed by atoms with Gasteiger partial charge in [-0.25, -0.2) is 0 Å². The summed E-state index contributed by atoms with van der Waals surface area (Å²) in [5, 5.41) is 3.61. The quantitative estimate of drug-likeness (QED) is 0.759. The molecule has 0 unspecified atom stereocenters. The molecule has 1 amide bonds. The van der Waals surface area contributed by atoms with Crippen molar-refractivity contribution in [2.75, 3.05) is 5.73 Å². The third-order valence-electron chi connectivity index (χ3n) is 2.18. The molecule has 84 valence electrons. The van der Waals surface area contributed by atoms with Gasteiger partial charge in [-0.2, -0.15) is 0 Å². The van der Waals surface area contributed by atoms with Gasteiger partial charge in [0.2, 0.25) is 0 Å². The molecule has 4 nitrogen and oxygen atoms in total. The molecule has 1 aromatic carbocycles. The highest BCUT2D eigenvalue weighted by Gasteiger charge is 2.12. The van der Waals surface area contributed by atoms with E-state index in [9.17, 15) is 4.79 Å². The first kappa shape index (κ1) is 10.5. The van der Waals surface area contributed by atoms with Gasteiger partial charge < -0.3 is 15.5 Å². The van der Waals surface area contributed by atoms with Crippen LogP contribution in [0.4, 0.5) is 5.69 Å². The van der Waals surface area contributed by atoms with E-state index in [1.165, 1.54) is 0 Å². The molecular weight excluding hydrogens is 204 g/mol. The Hall–Kier alpha value is -1.97. The predicted octanol–water partition coefficient (Wildman–Crippen LogP) is 2.15. The van der Waals surface area contributed by atoms with Gasteiger partial charge in [-0.3, -0.25) is 4.79 Å². The van der Waals surface area contributed by atoms with Gasteiger partial charge in [0.15, 0.2) is 5.76 Å². The summed E-state index contributed by atoms with van der Waals surface area (Å²) in [6.45, 7) is 3.80. The average molecular weight is 218 g/mol. The molecular formula is C12H14N2O2. The second-order valence-electron chi connectivity index (χ2n) is 4.04. The average Bonchev–Trinajstić information content (AvgIpc) is 2.59. The smallest absolute Gasteiger partial charge is 0.287 e. The molecule has 0 spiro atoms. The van der Waals surface area contributed by atoms with Crippen LogP contribution in [0.25, 0.3) is 11.0 Å². The van der Waals surface area contributed by atoms with E-state index in [0.717, 1.165) is 5.39 Å². The van der Waals surface area contributed by atoms with Crippen LogP contribution in [-0.4, -0.2) is 11.9 Å². The van der Waals surface area contributed by atoms with Crippen LogP contribution in [0.2, 0.25) is 0 Å². The van der Waals surface area contributed by atoms with Crippen LogP contribution in [0, 0.1) is 0 Å². The van der Waals surface area contributed by atoms with Gasteiger partial charge in [-0.05, 0) is 38.1 Å². The number of nitrogens with one attached hydrogen (secondary N) is 1. The summed E-state index contributed by atoms with van der Waals surface area (Å²) in [4.78, 5) is 11.7. The Bertz CT molecular complexity index is 529. The van der Waals surface area contributed by atoms with Crippen LogP contribution in [0.1, 0.15) is 24.4 Å². The number of carbonyl (C=O) groups excluding carboxylic acids is 1. The summed E-state index contributed by atoms with van der Waals surface area (Å²) in [6, 6.07) is 7.08. The molecule has 0 saturated carbocycles. The van der Waals surface area contributed by atoms with E-state index in [0.29, 0.717) is 17.0 Å². The second-order valence-corrected chi connectivity index (χ2v) is 4.04. The highest BCUT2D eigenvalue weighted by atomic mass is 16.3. The number of rotatable bonds is 2. The number of carbonyl (C=O) groups is 1. The summed E-state index contributed by atoms with van der Waals surface area (Å²) in [5.41, 5.74) is 6.97. The molecule has 0 aliphatic heterocycles. The molecule has 0 bridgehead atoms. The number of nitrogens with two attached hydrogens (primary N) is 1. The first-order valence-corrected chi connectivity index (χ1v) is 5.16. The van der Waals surface area contributed by atoms with Crippen LogP contribution in [-0.2, 0) is 0 Å². The zero-order chi connectivity index (χ0) is 11.7. The Kier molecular flexibility index (Phi) is 2.56. The summed E-state index contributed by atoms with van der Waals surface area (Å²) in [6.07, 6.45) is 0. The Morgan fingerprint density at radius 3 is 2.81 bits per heavy atom. The Balaban J connectivity index is 2.36. The van der Waals surface area contributed by atoms with Gasteiger partial charge in [-0.15, -0.1) is 0 Å². The van der Waals surface area contributed by atoms with E-state index in [1.54, 1.807) is 24.3 Å². The number of nitrogen functional groups attached to an aromatic ring is 1. The van der Waals surface area contributed by atoms with Gasteiger partial charge >= 0.3 is 0 Å². The summed E-state index contributed by atoms with van der Waals surface area (Å²) in [7, 11) is 0. The highest BCUT2D eigenvalue weighted by molar-refractivity contribution is 5.96. The monoisotopic (exact) mass is 218 g/mol. The van der Waals surface area contributed by atoms with E-state index >= 15 is 0 Å². The van der Waals surface area contributed by atoms with E-state index in [4.69, 9.17) is 10.2 Å². The molecule has 3 N–H and O–H groups in total. The molecule has 0 saturated heterocycles. The van der Waals surface area contributed by atoms with Crippen LogP contribution in [0.5, 0.6) is 0 Å². The summed E-state index contributed by atoms with van der Waals surface area (Å²) >= 11 is 0. The van der Waals surface area contributed by atoms with Crippen molar-refractivity contribution in [3.63, 3.8) is 0 Å². The van der Waals surface area contributed by atoms with Crippen LogP contribution < -0.4 is 11.1 Å². The minimum Gasteiger partial charge on any atom is -0.451 e. The lowest BCUT2D eigenvalue weighted by Gasteiger charge is -2.04. The third-order valence-corrected chi connectivity index (χ3v) is 2.18. The maximum atomic E-state index is 11.7. The highest BCUT2D eigenvalue weighted by Crippen LogP contribution is 2.21. The maximum absolute atomic E-state index is 11.7. The van der Waals surface area contributed by atoms with Crippen molar-refractivity contribution in [2.45, 2.75) is 19.9 Å². The maximum Gasteiger partial charge on any atom is 0.287 e. The SMILES string of the molecule is CC(C)NC(=O)c1cc2cc(N)ccc2o1. The Labute approximate surface area is 93.4 Å². The van der Waals surface area contributed by atoms with Gasteiger partial charge in [-0.1, -0.05) is 0 Å². The lowest BCUT2D eigenvalue weighted by molar-refractivity contribution is 0.0917. The van der Waals surface area contributed by atoms with E-state index < -0.39 is 0 Å². The number of fused-ring (bicyclic) bond motifs is 1. The van der Waals surface area contributed by atoms with Gasteiger partial charge in [0.05, 0.1) is 0 Å². The number of amides is 1. The molecule has 1 heterocycles. The number of anilines is 1. The zero-order valence-electron chi connectivity index (χ0n) is 9.28. The molecule has 2 rings (SSSR count). The zero-order valence-corrected chi connectivity index (χ0v) is 9.28. The topological polar surface area (TPSA) is 68.3 Å². The van der Waals surface area contributed by atoms with Crippen LogP contribution in [0.15, 0.2) is 28.7 Å². The predicted molar refractivity (Wildman–Crippen MR) is 63.2 cm³/mol. The molecule has 16 heavy (non-hydrogen) atoms. The van der Waals surface area contributed by atoms with Crippen molar-refractivity contribution in [3.8, 4) is 0 Å². The third kappa shape index (κ3) is 2.00. The number of hydrogen-bond donors (Lipinski definition) is 2. The van der Waals surface area contributed by atoms with Gasteiger partial charge in [0, 0.05) is 17.1 Å².